The molecule has 0 aliphatic carbocycles. The minimum absolute atomic E-state index is 0.352. The van der Waals surface area contributed by atoms with Crippen LogP contribution in [0.3, 0.4) is 0 Å². The van der Waals surface area contributed by atoms with E-state index < -0.39 is 5.97 Å². The predicted molar refractivity (Wildman–Crippen MR) is 95.6 cm³/mol. The highest BCUT2D eigenvalue weighted by Crippen LogP contribution is 2.28. The molecule has 7 nitrogen and oxygen atoms in total. The molecular weight excluding hydrogens is 320 g/mol. The third-order valence-corrected chi connectivity index (χ3v) is 4.29. The zero-order chi connectivity index (χ0) is 17.8. The molecule has 0 saturated carbocycles. The van der Waals surface area contributed by atoms with Crippen LogP contribution >= 0.6 is 0 Å². The Morgan fingerprint density at radius 2 is 2.16 bits per heavy atom. The molecule has 1 atom stereocenters. The highest BCUT2D eigenvalue weighted by atomic mass is 16.5. The van der Waals surface area contributed by atoms with E-state index in [1.807, 2.05) is 42.2 Å². The monoisotopic (exact) mass is 342 g/mol. The molecule has 1 fully saturated rings. The Balaban J connectivity index is 1.84. The molecule has 1 aliphatic rings. The summed E-state index contributed by atoms with van der Waals surface area (Å²) in [7, 11) is 1.62. The van der Waals surface area contributed by atoms with Crippen LogP contribution in [0.4, 0.5) is 17.3 Å². The van der Waals surface area contributed by atoms with Gasteiger partial charge in [-0.1, -0.05) is 12.1 Å². The highest BCUT2D eigenvalue weighted by Gasteiger charge is 2.26. The van der Waals surface area contributed by atoms with Gasteiger partial charge in [-0.25, -0.2) is 9.97 Å². The lowest BCUT2D eigenvalue weighted by Gasteiger charge is -2.31. The van der Waals surface area contributed by atoms with Gasteiger partial charge in [0.15, 0.2) is 0 Å². The highest BCUT2D eigenvalue weighted by molar-refractivity contribution is 5.71. The Bertz CT molecular complexity index is 766. The van der Waals surface area contributed by atoms with E-state index in [4.69, 9.17) is 4.74 Å². The first-order valence-electron chi connectivity index (χ1n) is 8.30. The number of ether oxygens (including phenoxy) is 1. The van der Waals surface area contributed by atoms with Gasteiger partial charge in [-0.2, -0.15) is 0 Å². The second kappa shape index (κ2) is 7.38. The summed E-state index contributed by atoms with van der Waals surface area (Å²) in [5, 5.41) is 12.5. The van der Waals surface area contributed by atoms with E-state index in [9.17, 15) is 9.90 Å². The van der Waals surface area contributed by atoms with Gasteiger partial charge in [0.05, 0.1) is 18.7 Å². The summed E-state index contributed by atoms with van der Waals surface area (Å²) in [5.41, 5.74) is 0.816. The summed E-state index contributed by atoms with van der Waals surface area (Å²) in [6, 6.07) is 9.46. The SMILES string of the molecule is COc1ccccc1Nc1cc(N2CCC[C@@H](C(=O)O)C2)nc(C)n1. The average molecular weight is 342 g/mol. The first kappa shape index (κ1) is 17.0. The Kier molecular flexibility index (Phi) is 5.02. The zero-order valence-corrected chi connectivity index (χ0v) is 14.4. The van der Waals surface area contributed by atoms with E-state index in [0.717, 1.165) is 30.2 Å². The molecule has 0 bridgehead atoms. The normalized spacial score (nSPS) is 17.2. The summed E-state index contributed by atoms with van der Waals surface area (Å²) in [5.74, 6) is 1.66. The van der Waals surface area contributed by atoms with Gasteiger partial charge in [-0.3, -0.25) is 4.79 Å². The van der Waals surface area contributed by atoms with Gasteiger partial charge in [0.2, 0.25) is 0 Å². The lowest BCUT2D eigenvalue weighted by molar-refractivity contribution is -0.141. The molecule has 1 saturated heterocycles. The Morgan fingerprint density at radius 1 is 1.36 bits per heavy atom. The van der Waals surface area contributed by atoms with Crippen molar-refractivity contribution in [1.29, 1.82) is 0 Å². The molecule has 25 heavy (non-hydrogen) atoms. The number of carboxylic acids is 1. The quantitative estimate of drug-likeness (QED) is 0.864. The van der Waals surface area contributed by atoms with Crippen molar-refractivity contribution in [3.05, 3.63) is 36.2 Å². The van der Waals surface area contributed by atoms with Crippen LogP contribution in [0.25, 0.3) is 0 Å². The van der Waals surface area contributed by atoms with Crippen LogP contribution in [-0.4, -0.2) is 41.2 Å². The summed E-state index contributed by atoms with van der Waals surface area (Å²) in [4.78, 5) is 22.2. The number of carbonyl (C=O) groups is 1. The number of carboxylic acid groups (broad SMARTS) is 1. The van der Waals surface area contributed by atoms with Gasteiger partial charge in [0.25, 0.3) is 0 Å². The van der Waals surface area contributed by atoms with Gasteiger partial charge in [0, 0.05) is 19.2 Å². The summed E-state index contributed by atoms with van der Waals surface area (Å²) in [6.45, 7) is 3.10. The molecule has 1 aliphatic heterocycles. The Morgan fingerprint density at radius 3 is 2.92 bits per heavy atom. The van der Waals surface area contributed by atoms with Crippen molar-refractivity contribution in [2.75, 3.05) is 30.4 Å². The number of aromatic nitrogens is 2. The van der Waals surface area contributed by atoms with Crippen molar-refractivity contribution in [3.63, 3.8) is 0 Å². The van der Waals surface area contributed by atoms with Crippen molar-refractivity contribution < 1.29 is 14.6 Å². The minimum Gasteiger partial charge on any atom is -0.495 e. The van der Waals surface area contributed by atoms with Gasteiger partial charge in [-0.05, 0) is 31.9 Å². The maximum absolute atomic E-state index is 11.3. The molecule has 0 radical (unpaired) electrons. The van der Waals surface area contributed by atoms with Gasteiger partial charge in [-0.15, -0.1) is 0 Å². The van der Waals surface area contributed by atoms with Crippen LogP contribution in [0, 0.1) is 12.8 Å². The fourth-order valence-electron chi connectivity index (χ4n) is 3.05. The van der Waals surface area contributed by atoms with Crippen molar-refractivity contribution in [1.82, 2.24) is 9.97 Å². The van der Waals surface area contributed by atoms with Crippen LogP contribution in [0.15, 0.2) is 30.3 Å². The number of piperidine rings is 1. The van der Waals surface area contributed by atoms with Crippen LogP contribution in [0.5, 0.6) is 5.75 Å². The average Bonchev–Trinajstić information content (AvgIpc) is 2.62. The molecule has 0 spiro atoms. The number of hydrogen-bond donors (Lipinski definition) is 2. The number of aryl methyl sites for hydroxylation is 1. The summed E-state index contributed by atoms with van der Waals surface area (Å²) < 4.78 is 5.35. The second-order valence-corrected chi connectivity index (χ2v) is 6.11. The molecule has 1 aromatic heterocycles. The number of methoxy groups -OCH3 is 1. The minimum atomic E-state index is -0.747. The van der Waals surface area contributed by atoms with Crippen LogP contribution in [0.1, 0.15) is 18.7 Å². The molecule has 2 heterocycles. The molecule has 0 amide bonds. The number of nitrogens with zero attached hydrogens (tertiary/aromatic N) is 3. The summed E-state index contributed by atoms with van der Waals surface area (Å²) >= 11 is 0. The molecule has 0 unspecified atom stereocenters. The van der Waals surface area contributed by atoms with E-state index in [1.165, 1.54) is 0 Å². The number of rotatable bonds is 5. The number of anilines is 3. The van der Waals surface area contributed by atoms with Gasteiger partial charge in [0.1, 0.15) is 23.2 Å². The van der Waals surface area contributed by atoms with E-state index in [1.54, 1.807) is 7.11 Å². The number of hydrogen-bond acceptors (Lipinski definition) is 6. The molecule has 3 rings (SSSR count). The molecule has 1 aromatic carbocycles. The lowest BCUT2D eigenvalue weighted by atomic mass is 9.98. The topological polar surface area (TPSA) is 87.6 Å². The third kappa shape index (κ3) is 3.99. The first-order valence-corrected chi connectivity index (χ1v) is 8.30. The molecule has 2 aromatic rings. The van der Waals surface area contributed by atoms with Crippen LogP contribution < -0.4 is 15.0 Å². The van der Waals surface area contributed by atoms with Gasteiger partial charge < -0.3 is 20.1 Å². The van der Waals surface area contributed by atoms with Crippen LogP contribution in [-0.2, 0) is 4.79 Å². The first-order chi connectivity index (χ1) is 12.1. The summed E-state index contributed by atoms with van der Waals surface area (Å²) in [6.07, 6.45) is 1.55. The van der Waals surface area contributed by atoms with Crippen molar-refractivity contribution in [3.8, 4) is 5.75 Å². The third-order valence-electron chi connectivity index (χ3n) is 4.29. The zero-order valence-electron chi connectivity index (χ0n) is 14.4. The van der Waals surface area contributed by atoms with Crippen molar-refractivity contribution in [2.45, 2.75) is 19.8 Å². The van der Waals surface area contributed by atoms with E-state index in [0.29, 0.717) is 24.6 Å². The number of benzene rings is 1. The Labute approximate surface area is 146 Å². The molecule has 132 valence electrons. The fraction of sp³-hybridized carbons (Fsp3) is 0.389. The molecule has 7 heteroatoms. The fourth-order valence-corrected chi connectivity index (χ4v) is 3.05. The van der Waals surface area contributed by atoms with Gasteiger partial charge >= 0.3 is 5.97 Å². The number of para-hydroxylation sites is 2. The molecule has 2 N–H and O–H groups in total. The van der Waals surface area contributed by atoms with E-state index in [-0.39, 0.29) is 5.92 Å². The van der Waals surface area contributed by atoms with Crippen molar-refractivity contribution >= 4 is 23.3 Å². The Hall–Kier alpha value is -2.83. The number of aliphatic carboxylic acids is 1. The lowest BCUT2D eigenvalue weighted by Crippen LogP contribution is -2.39. The van der Waals surface area contributed by atoms with E-state index in [2.05, 4.69) is 15.3 Å². The largest absolute Gasteiger partial charge is 0.495 e. The smallest absolute Gasteiger partial charge is 0.308 e. The van der Waals surface area contributed by atoms with Crippen LogP contribution in [0.2, 0.25) is 0 Å². The molecular formula is C18H22N4O3. The number of nitrogens with one attached hydrogen (secondary N) is 1. The predicted octanol–water partition coefficient (Wildman–Crippen LogP) is 2.84. The standard InChI is InChI=1S/C18H22N4O3/c1-12-19-16(21-14-7-3-4-8-15(14)25-2)10-17(20-12)22-9-5-6-13(11-22)18(23)24/h3-4,7-8,10,13H,5-6,9,11H2,1-2H3,(H,23,24)(H,19,20,21)/t13-/m1/s1. The maximum Gasteiger partial charge on any atom is 0.308 e. The maximum atomic E-state index is 11.3. The van der Waals surface area contributed by atoms with E-state index >= 15 is 0 Å². The van der Waals surface area contributed by atoms with Crippen molar-refractivity contribution in [2.24, 2.45) is 5.92 Å². The second-order valence-electron chi connectivity index (χ2n) is 6.11.